The lowest BCUT2D eigenvalue weighted by Gasteiger charge is -2.27. The van der Waals surface area contributed by atoms with Crippen molar-refractivity contribution in [3.05, 3.63) is 34.6 Å². The molecule has 2 nitrogen and oxygen atoms in total. The van der Waals surface area contributed by atoms with Gasteiger partial charge < -0.3 is 11.1 Å². The Balaban J connectivity index is 2.18. The van der Waals surface area contributed by atoms with E-state index >= 15 is 0 Å². The highest BCUT2D eigenvalue weighted by Crippen LogP contribution is 2.33. The molecule has 19 heavy (non-hydrogen) atoms. The average Bonchev–Trinajstić information content (AvgIpc) is 2.63. The Bertz CT molecular complexity index is 456. The largest absolute Gasteiger partial charge is 0.326 e. The number of hydrogen-bond donors (Lipinski definition) is 2. The Labute approximate surface area is 119 Å². The zero-order valence-electron chi connectivity index (χ0n) is 11.7. The summed E-state index contributed by atoms with van der Waals surface area (Å²) in [6, 6.07) is 5.29. The molecule has 3 unspecified atom stereocenters. The fourth-order valence-electron chi connectivity index (χ4n) is 2.82. The Hall–Kier alpha value is -0.640. The predicted octanol–water partition coefficient (Wildman–Crippen LogP) is 3.30. The predicted molar refractivity (Wildman–Crippen MR) is 78.0 cm³/mol. The third kappa shape index (κ3) is 3.28. The van der Waals surface area contributed by atoms with E-state index in [1.54, 1.807) is 18.2 Å². The minimum atomic E-state index is -0.331. The van der Waals surface area contributed by atoms with Crippen molar-refractivity contribution in [2.75, 3.05) is 6.54 Å². The first-order chi connectivity index (χ1) is 8.79. The number of rotatable bonds is 2. The molecule has 1 aromatic rings. The van der Waals surface area contributed by atoms with Gasteiger partial charge in [-0.15, -0.1) is 0 Å². The summed E-state index contributed by atoms with van der Waals surface area (Å²) < 4.78 is 14.1. The van der Waals surface area contributed by atoms with Gasteiger partial charge in [0.1, 0.15) is 5.82 Å². The van der Waals surface area contributed by atoms with Gasteiger partial charge in [-0.3, -0.25) is 0 Å². The van der Waals surface area contributed by atoms with Crippen LogP contribution in [0.2, 0.25) is 5.02 Å². The Morgan fingerprint density at radius 1 is 1.42 bits per heavy atom. The molecule has 1 heterocycles. The molecule has 0 aromatic heterocycles. The van der Waals surface area contributed by atoms with Gasteiger partial charge in [0.05, 0.1) is 5.02 Å². The topological polar surface area (TPSA) is 38.0 Å². The standard InChI is InChI=1S/C15H22ClFN2/c1-15(2,3)7-12-14(18)10(8-19-12)9-5-4-6-11(16)13(9)17/h4-6,10,12,14,19H,7-8,18H2,1-3H3. The van der Waals surface area contributed by atoms with Crippen LogP contribution in [0.5, 0.6) is 0 Å². The molecular weight excluding hydrogens is 263 g/mol. The molecule has 1 saturated heterocycles. The molecule has 0 radical (unpaired) electrons. The normalized spacial score (nSPS) is 27.8. The van der Waals surface area contributed by atoms with Crippen LogP contribution in [0.15, 0.2) is 18.2 Å². The van der Waals surface area contributed by atoms with E-state index in [2.05, 4.69) is 26.1 Å². The van der Waals surface area contributed by atoms with Crippen LogP contribution in [-0.2, 0) is 0 Å². The van der Waals surface area contributed by atoms with Crippen molar-refractivity contribution in [1.29, 1.82) is 0 Å². The molecule has 0 bridgehead atoms. The number of halogens is 2. The van der Waals surface area contributed by atoms with E-state index in [9.17, 15) is 4.39 Å². The third-order valence-electron chi connectivity index (χ3n) is 3.74. The van der Waals surface area contributed by atoms with Gasteiger partial charge in [-0.25, -0.2) is 4.39 Å². The summed E-state index contributed by atoms with van der Waals surface area (Å²) in [4.78, 5) is 0. The monoisotopic (exact) mass is 284 g/mol. The van der Waals surface area contributed by atoms with E-state index in [4.69, 9.17) is 17.3 Å². The van der Waals surface area contributed by atoms with E-state index in [0.717, 1.165) is 6.42 Å². The molecule has 0 amide bonds. The molecule has 0 saturated carbocycles. The maximum Gasteiger partial charge on any atom is 0.145 e. The van der Waals surface area contributed by atoms with Gasteiger partial charge in [0.2, 0.25) is 0 Å². The van der Waals surface area contributed by atoms with Crippen LogP contribution in [0.3, 0.4) is 0 Å². The fraction of sp³-hybridized carbons (Fsp3) is 0.600. The van der Waals surface area contributed by atoms with Crippen molar-refractivity contribution in [2.24, 2.45) is 11.1 Å². The van der Waals surface area contributed by atoms with E-state index < -0.39 is 0 Å². The van der Waals surface area contributed by atoms with Gasteiger partial charge in [0, 0.05) is 24.5 Å². The van der Waals surface area contributed by atoms with Crippen LogP contribution in [0, 0.1) is 11.2 Å². The lowest BCUT2D eigenvalue weighted by molar-refractivity contribution is 0.310. The first-order valence-electron chi connectivity index (χ1n) is 6.72. The molecule has 1 aromatic carbocycles. The van der Waals surface area contributed by atoms with Gasteiger partial charge in [-0.1, -0.05) is 44.5 Å². The molecule has 4 heteroatoms. The summed E-state index contributed by atoms with van der Waals surface area (Å²) in [5.41, 5.74) is 7.14. The molecule has 2 rings (SSSR count). The Morgan fingerprint density at radius 3 is 2.74 bits per heavy atom. The highest BCUT2D eigenvalue weighted by Gasteiger charge is 2.37. The second-order valence-electron chi connectivity index (χ2n) is 6.61. The minimum absolute atomic E-state index is 0.00829. The molecular formula is C15H22ClFN2. The minimum Gasteiger partial charge on any atom is -0.326 e. The molecule has 3 N–H and O–H groups in total. The van der Waals surface area contributed by atoms with Crippen molar-refractivity contribution in [1.82, 2.24) is 5.32 Å². The second-order valence-corrected chi connectivity index (χ2v) is 7.01. The quantitative estimate of drug-likeness (QED) is 0.874. The molecule has 0 spiro atoms. The van der Waals surface area contributed by atoms with Crippen molar-refractivity contribution in [3.63, 3.8) is 0 Å². The smallest absolute Gasteiger partial charge is 0.145 e. The van der Waals surface area contributed by atoms with Crippen molar-refractivity contribution in [2.45, 2.75) is 45.2 Å². The van der Waals surface area contributed by atoms with Crippen LogP contribution in [-0.4, -0.2) is 18.6 Å². The van der Waals surface area contributed by atoms with Gasteiger partial charge in [-0.2, -0.15) is 0 Å². The number of benzene rings is 1. The zero-order chi connectivity index (χ0) is 14.2. The first-order valence-corrected chi connectivity index (χ1v) is 7.10. The highest BCUT2D eigenvalue weighted by atomic mass is 35.5. The van der Waals surface area contributed by atoms with Gasteiger partial charge in [-0.05, 0) is 23.5 Å². The molecule has 1 aliphatic heterocycles. The summed E-state index contributed by atoms with van der Waals surface area (Å²) >= 11 is 5.85. The summed E-state index contributed by atoms with van der Waals surface area (Å²) in [6.07, 6.45) is 0.979. The van der Waals surface area contributed by atoms with E-state index in [1.165, 1.54) is 0 Å². The highest BCUT2D eigenvalue weighted by molar-refractivity contribution is 6.30. The van der Waals surface area contributed by atoms with Crippen molar-refractivity contribution < 1.29 is 4.39 Å². The Morgan fingerprint density at radius 2 is 2.11 bits per heavy atom. The fourth-order valence-corrected chi connectivity index (χ4v) is 3.00. The van der Waals surface area contributed by atoms with E-state index in [1.807, 2.05) is 0 Å². The van der Waals surface area contributed by atoms with Crippen LogP contribution >= 0.6 is 11.6 Å². The summed E-state index contributed by atoms with van der Waals surface area (Å²) in [5.74, 6) is -0.339. The summed E-state index contributed by atoms with van der Waals surface area (Å²) in [6.45, 7) is 7.28. The number of nitrogens with one attached hydrogen (secondary N) is 1. The van der Waals surface area contributed by atoms with Crippen LogP contribution in [0.4, 0.5) is 4.39 Å². The van der Waals surface area contributed by atoms with Crippen LogP contribution in [0.25, 0.3) is 0 Å². The number of nitrogens with two attached hydrogens (primary N) is 1. The van der Waals surface area contributed by atoms with Crippen LogP contribution in [0.1, 0.15) is 38.7 Å². The van der Waals surface area contributed by atoms with Crippen molar-refractivity contribution in [3.8, 4) is 0 Å². The van der Waals surface area contributed by atoms with E-state index in [-0.39, 0.29) is 34.3 Å². The van der Waals surface area contributed by atoms with Gasteiger partial charge in [0.25, 0.3) is 0 Å². The lowest BCUT2D eigenvalue weighted by atomic mass is 9.83. The summed E-state index contributed by atoms with van der Waals surface area (Å²) in [7, 11) is 0. The molecule has 1 aliphatic rings. The lowest BCUT2D eigenvalue weighted by Crippen LogP contribution is -2.40. The third-order valence-corrected chi connectivity index (χ3v) is 4.03. The zero-order valence-corrected chi connectivity index (χ0v) is 12.5. The maximum absolute atomic E-state index is 14.1. The van der Waals surface area contributed by atoms with Crippen LogP contribution < -0.4 is 11.1 Å². The second kappa shape index (κ2) is 5.39. The molecule has 1 fully saturated rings. The molecule has 3 atom stereocenters. The molecule has 0 aliphatic carbocycles. The van der Waals surface area contributed by atoms with Crippen molar-refractivity contribution >= 4 is 11.6 Å². The summed E-state index contributed by atoms with van der Waals surface area (Å²) in [5, 5.41) is 3.59. The van der Waals surface area contributed by atoms with E-state index in [0.29, 0.717) is 12.1 Å². The first kappa shape index (κ1) is 14.8. The van der Waals surface area contributed by atoms with Gasteiger partial charge >= 0.3 is 0 Å². The van der Waals surface area contributed by atoms with Gasteiger partial charge in [0.15, 0.2) is 0 Å². The molecule has 106 valence electrons. The average molecular weight is 285 g/mol. The maximum atomic E-state index is 14.1. The Kier molecular flexibility index (Phi) is 4.19. The number of hydrogen-bond acceptors (Lipinski definition) is 2. The SMILES string of the molecule is CC(C)(C)CC1NCC(c2cccc(Cl)c2F)C1N.